The topological polar surface area (TPSA) is 34.6 Å². The zero-order valence-electron chi connectivity index (χ0n) is 17.4. The second-order valence-corrected chi connectivity index (χ2v) is 8.23. The summed E-state index contributed by atoms with van der Waals surface area (Å²) in [5.41, 5.74) is 4.89. The van der Waals surface area contributed by atoms with Gasteiger partial charge in [-0.2, -0.15) is 5.26 Å². The Kier molecular flexibility index (Phi) is 6.23. The van der Waals surface area contributed by atoms with E-state index >= 15 is 0 Å². The van der Waals surface area contributed by atoms with Crippen LogP contribution in [0, 0.1) is 17.9 Å². The van der Waals surface area contributed by atoms with Gasteiger partial charge in [0.15, 0.2) is 5.69 Å². The lowest BCUT2D eigenvalue weighted by molar-refractivity contribution is 0.171. The molecule has 0 spiro atoms. The maximum Gasteiger partial charge on any atom is 0.187 e. The van der Waals surface area contributed by atoms with Crippen LogP contribution >= 0.6 is 11.6 Å². The van der Waals surface area contributed by atoms with E-state index in [4.69, 9.17) is 23.4 Å². The quantitative estimate of drug-likeness (QED) is 0.453. The number of piperazine rings is 1. The summed E-state index contributed by atoms with van der Waals surface area (Å²) in [5, 5.41) is 9.86. The Morgan fingerprint density at radius 3 is 2.29 bits per heavy atom. The predicted octanol–water partition coefficient (Wildman–Crippen LogP) is 6.39. The average Bonchev–Trinajstić information content (AvgIpc) is 2.84. The van der Waals surface area contributed by atoms with E-state index in [1.807, 2.05) is 48.5 Å². The molecule has 154 valence electrons. The van der Waals surface area contributed by atoms with Gasteiger partial charge in [-0.3, -0.25) is 4.90 Å². The third-order valence-corrected chi connectivity index (χ3v) is 6.30. The van der Waals surface area contributed by atoms with Crippen LogP contribution in [-0.2, 0) is 0 Å². The number of nitriles is 1. The molecule has 0 bridgehead atoms. The summed E-state index contributed by atoms with van der Waals surface area (Å²) < 4.78 is 0. The largest absolute Gasteiger partial charge is 0.362 e. The molecule has 0 aliphatic carbocycles. The molecule has 0 amide bonds. The molecular weight excluding hydrogens is 404 g/mol. The lowest BCUT2D eigenvalue weighted by Crippen LogP contribution is -2.49. The molecule has 4 rings (SSSR count). The van der Waals surface area contributed by atoms with Crippen molar-refractivity contribution in [3.05, 3.63) is 106 Å². The summed E-state index contributed by atoms with van der Waals surface area (Å²) >= 11 is 6.15. The van der Waals surface area contributed by atoms with Crippen molar-refractivity contribution in [2.45, 2.75) is 19.0 Å². The van der Waals surface area contributed by atoms with Crippen LogP contribution in [0.1, 0.15) is 35.7 Å². The van der Waals surface area contributed by atoms with Gasteiger partial charge in [-0.05, 0) is 54.4 Å². The van der Waals surface area contributed by atoms with Gasteiger partial charge in [0.25, 0.3) is 0 Å². The molecule has 1 saturated heterocycles. The van der Waals surface area contributed by atoms with E-state index in [-0.39, 0.29) is 12.1 Å². The lowest BCUT2D eigenvalue weighted by Gasteiger charge is -2.45. The summed E-state index contributed by atoms with van der Waals surface area (Å²) in [6, 6.07) is 26.4. The molecule has 0 unspecified atom stereocenters. The maximum atomic E-state index is 9.13. The minimum absolute atomic E-state index is 0.170. The van der Waals surface area contributed by atoms with E-state index in [2.05, 4.69) is 51.9 Å². The Labute approximate surface area is 188 Å². The standard InChI is InChI=1S/C26H23ClN4/c1-19(21-7-11-24(29-2)12-8-21)30-15-16-31(25-13-3-20(17-28)4-14-25)26(18-30)22-5-9-23(27)10-6-22/h3-14,19,26H,15-16,18H2,1H3/t19-,26+/m1/s1. The van der Waals surface area contributed by atoms with Crippen LogP contribution in [0.25, 0.3) is 4.85 Å². The highest BCUT2D eigenvalue weighted by atomic mass is 35.5. The highest BCUT2D eigenvalue weighted by Crippen LogP contribution is 2.35. The first-order chi connectivity index (χ1) is 15.1. The Morgan fingerprint density at radius 2 is 1.68 bits per heavy atom. The van der Waals surface area contributed by atoms with Gasteiger partial charge in [-0.25, -0.2) is 4.85 Å². The first-order valence-corrected chi connectivity index (χ1v) is 10.7. The second-order valence-electron chi connectivity index (χ2n) is 7.79. The lowest BCUT2D eigenvalue weighted by atomic mass is 9.98. The molecule has 3 aromatic rings. The molecule has 3 aromatic carbocycles. The van der Waals surface area contributed by atoms with Crippen LogP contribution < -0.4 is 4.90 Å². The van der Waals surface area contributed by atoms with Gasteiger partial charge in [-0.15, -0.1) is 0 Å². The zero-order valence-corrected chi connectivity index (χ0v) is 18.1. The van der Waals surface area contributed by atoms with Gasteiger partial charge < -0.3 is 4.90 Å². The average molecular weight is 427 g/mol. The normalized spacial score (nSPS) is 17.5. The fourth-order valence-corrected chi connectivity index (χ4v) is 4.33. The van der Waals surface area contributed by atoms with Crippen LogP contribution in [0.2, 0.25) is 5.02 Å². The van der Waals surface area contributed by atoms with Crippen molar-refractivity contribution in [1.29, 1.82) is 5.26 Å². The minimum Gasteiger partial charge on any atom is -0.362 e. The van der Waals surface area contributed by atoms with Gasteiger partial charge in [0.05, 0.1) is 24.2 Å². The van der Waals surface area contributed by atoms with Crippen molar-refractivity contribution in [2.24, 2.45) is 0 Å². The fraction of sp³-hybridized carbons (Fsp3) is 0.231. The maximum absolute atomic E-state index is 9.13. The first kappa shape index (κ1) is 20.9. The SMILES string of the molecule is [C-]#[N+]c1ccc([C@@H](C)N2CCN(c3ccc(C#N)cc3)[C@H](c3ccc(Cl)cc3)C2)cc1. The summed E-state index contributed by atoms with van der Waals surface area (Å²) in [5.74, 6) is 0. The number of benzene rings is 3. The van der Waals surface area contributed by atoms with Crippen LogP contribution in [0.4, 0.5) is 11.4 Å². The number of hydrogen-bond acceptors (Lipinski definition) is 3. The van der Waals surface area contributed by atoms with Crippen LogP contribution in [0.5, 0.6) is 0 Å². The summed E-state index contributed by atoms with van der Waals surface area (Å²) in [6.45, 7) is 12.1. The fourth-order valence-electron chi connectivity index (χ4n) is 4.20. The van der Waals surface area contributed by atoms with E-state index in [0.29, 0.717) is 11.3 Å². The zero-order chi connectivity index (χ0) is 21.8. The van der Waals surface area contributed by atoms with Crippen LogP contribution in [0.15, 0.2) is 72.8 Å². The number of rotatable bonds is 4. The van der Waals surface area contributed by atoms with Gasteiger partial charge >= 0.3 is 0 Å². The molecule has 4 nitrogen and oxygen atoms in total. The number of hydrogen-bond donors (Lipinski definition) is 0. The number of anilines is 1. The van der Waals surface area contributed by atoms with Gasteiger partial charge in [0.1, 0.15) is 0 Å². The third kappa shape index (κ3) is 4.57. The molecule has 0 saturated carbocycles. The van der Waals surface area contributed by atoms with E-state index in [1.54, 1.807) is 0 Å². The Morgan fingerprint density at radius 1 is 1.00 bits per heavy atom. The highest BCUT2D eigenvalue weighted by Gasteiger charge is 2.31. The number of nitrogens with zero attached hydrogens (tertiary/aromatic N) is 4. The van der Waals surface area contributed by atoms with Crippen molar-refractivity contribution in [2.75, 3.05) is 24.5 Å². The highest BCUT2D eigenvalue weighted by molar-refractivity contribution is 6.30. The predicted molar refractivity (Wildman–Crippen MR) is 125 cm³/mol. The van der Waals surface area contributed by atoms with E-state index < -0.39 is 0 Å². The van der Waals surface area contributed by atoms with E-state index in [1.165, 1.54) is 11.1 Å². The van der Waals surface area contributed by atoms with Gasteiger partial charge in [0, 0.05) is 36.4 Å². The van der Waals surface area contributed by atoms with Crippen molar-refractivity contribution >= 4 is 23.0 Å². The summed E-state index contributed by atoms with van der Waals surface area (Å²) in [6.07, 6.45) is 0. The minimum atomic E-state index is 0.170. The first-order valence-electron chi connectivity index (χ1n) is 10.3. The van der Waals surface area contributed by atoms with E-state index in [9.17, 15) is 0 Å². The smallest absolute Gasteiger partial charge is 0.187 e. The third-order valence-electron chi connectivity index (χ3n) is 6.05. The second kappa shape index (κ2) is 9.23. The van der Waals surface area contributed by atoms with Crippen molar-refractivity contribution in [3.63, 3.8) is 0 Å². The van der Waals surface area contributed by atoms with Crippen LogP contribution in [0.3, 0.4) is 0 Å². The monoisotopic (exact) mass is 426 g/mol. The van der Waals surface area contributed by atoms with Crippen molar-refractivity contribution in [3.8, 4) is 6.07 Å². The Hall–Kier alpha value is -3.31. The van der Waals surface area contributed by atoms with Gasteiger partial charge in [0.2, 0.25) is 0 Å². The molecule has 0 radical (unpaired) electrons. The Balaban J connectivity index is 1.62. The molecule has 31 heavy (non-hydrogen) atoms. The summed E-state index contributed by atoms with van der Waals surface area (Å²) in [7, 11) is 0. The van der Waals surface area contributed by atoms with Crippen molar-refractivity contribution in [1.82, 2.24) is 4.90 Å². The molecule has 1 aliphatic heterocycles. The molecule has 1 heterocycles. The molecule has 5 heteroatoms. The Bertz CT molecular complexity index is 1110. The molecule has 1 aliphatic rings. The van der Waals surface area contributed by atoms with Crippen LogP contribution in [-0.4, -0.2) is 24.5 Å². The number of halogens is 1. The molecular formula is C26H23ClN4. The molecule has 1 fully saturated rings. The molecule has 0 aromatic heterocycles. The summed E-state index contributed by atoms with van der Waals surface area (Å²) in [4.78, 5) is 8.40. The van der Waals surface area contributed by atoms with Crippen molar-refractivity contribution < 1.29 is 0 Å². The van der Waals surface area contributed by atoms with Gasteiger partial charge in [-0.1, -0.05) is 48.0 Å². The molecule has 0 N–H and O–H groups in total. The molecule has 2 atom stereocenters. The van der Waals surface area contributed by atoms with E-state index in [0.717, 1.165) is 30.3 Å².